The van der Waals surface area contributed by atoms with Crippen LogP contribution in [-0.4, -0.2) is 17.7 Å². The lowest BCUT2D eigenvalue weighted by molar-refractivity contribution is -0.0313. The lowest BCUT2D eigenvalue weighted by Crippen LogP contribution is -2.23. The minimum atomic E-state index is -0.394. The van der Waals surface area contributed by atoms with Gasteiger partial charge in [-0.3, -0.25) is 0 Å². The van der Waals surface area contributed by atoms with Crippen molar-refractivity contribution in [3.8, 4) is 0 Å². The summed E-state index contributed by atoms with van der Waals surface area (Å²) in [6.07, 6.45) is 0.739. The number of nitrogen functional groups attached to an aromatic ring is 1. The molecule has 1 aromatic carbocycles. The Hall–Kier alpha value is -1.55. The molecule has 112 valence electrons. The Labute approximate surface area is 121 Å². The second-order valence-electron chi connectivity index (χ2n) is 5.73. The van der Waals surface area contributed by atoms with E-state index in [1.165, 1.54) is 0 Å². The standard InChI is InChI=1S/C16H25NO3/c1-6-16(4,5)19-10-12-8-7-9-13(14(12)17)15(18)20-11(2)3/h7-9,11H,6,10,17H2,1-5H3. The molecule has 0 amide bonds. The molecule has 0 aromatic heterocycles. The smallest absolute Gasteiger partial charge is 0.340 e. The van der Waals surface area contributed by atoms with Crippen LogP contribution in [0.1, 0.15) is 57.0 Å². The number of carbonyl (C=O) groups is 1. The van der Waals surface area contributed by atoms with Crippen LogP contribution in [0.3, 0.4) is 0 Å². The van der Waals surface area contributed by atoms with Crippen molar-refractivity contribution in [3.05, 3.63) is 29.3 Å². The van der Waals surface area contributed by atoms with Gasteiger partial charge in [-0.05, 0) is 40.2 Å². The molecule has 4 nitrogen and oxygen atoms in total. The first-order valence-corrected chi connectivity index (χ1v) is 6.99. The number of esters is 1. The third-order valence-corrected chi connectivity index (χ3v) is 3.23. The summed E-state index contributed by atoms with van der Waals surface area (Å²) in [4.78, 5) is 11.9. The van der Waals surface area contributed by atoms with E-state index in [-0.39, 0.29) is 11.7 Å². The topological polar surface area (TPSA) is 61.5 Å². The molecule has 0 aliphatic heterocycles. The molecule has 0 bridgehead atoms. The molecule has 1 aromatic rings. The normalized spacial score (nSPS) is 11.7. The van der Waals surface area contributed by atoms with Crippen LogP contribution in [-0.2, 0) is 16.1 Å². The Kier molecular flexibility index (Phi) is 5.57. The molecule has 0 atom stereocenters. The van der Waals surface area contributed by atoms with E-state index in [0.29, 0.717) is 17.9 Å². The van der Waals surface area contributed by atoms with Crippen LogP contribution in [0, 0.1) is 0 Å². The van der Waals surface area contributed by atoms with Crippen molar-refractivity contribution in [3.63, 3.8) is 0 Å². The summed E-state index contributed by atoms with van der Waals surface area (Å²) in [6.45, 7) is 10.1. The van der Waals surface area contributed by atoms with Crippen LogP contribution in [0.2, 0.25) is 0 Å². The van der Waals surface area contributed by atoms with Crippen molar-refractivity contribution in [1.82, 2.24) is 0 Å². The first kappa shape index (κ1) is 16.5. The Bertz CT molecular complexity index is 467. The van der Waals surface area contributed by atoms with Gasteiger partial charge in [-0.15, -0.1) is 0 Å². The van der Waals surface area contributed by atoms with E-state index in [9.17, 15) is 4.79 Å². The van der Waals surface area contributed by atoms with Gasteiger partial charge in [0.05, 0.1) is 29.6 Å². The molecular formula is C16H25NO3. The van der Waals surface area contributed by atoms with Crippen LogP contribution in [0.4, 0.5) is 5.69 Å². The summed E-state index contributed by atoms with van der Waals surface area (Å²) < 4.78 is 11.0. The highest BCUT2D eigenvalue weighted by atomic mass is 16.5. The highest BCUT2D eigenvalue weighted by Gasteiger charge is 2.18. The number of hydrogen-bond donors (Lipinski definition) is 1. The Morgan fingerprint density at radius 2 is 2.00 bits per heavy atom. The number of para-hydroxylation sites is 1. The van der Waals surface area contributed by atoms with Crippen molar-refractivity contribution in [2.45, 2.75) is 59.4 Å². The van der Waals surface area contributed by atoms with Crippen molar-refractivity contribution in [1.29, 1.82) is 0 Å². The van der Waals surface area contributed by atoms with Crippen LogP contribution in [0.5, 0.6) is 0 Å². The zero-order valence-electron chi connectivity index (χ0n) is 13.0. The fourth-order valence-corrected chi connectivity index (χ4v) is 1.57. The number of hydrogen-bond acceptors (Lipinski definition) is 4. The molecule has 0 aliphatic carbocycles. The molecule has 4 heteroatoms. The van der Waals surface area contributed by atoms with E-state index in [1.807, 2.05) is 33.8 Å². The Morgan fingerprint density at radius 1 is 1.35 bits per heavy atom. The molecule has 1 rings (SSSR count). The van der Waals surface area contributed by atoms with Gasteiger partial charge in [0.1, 0.15) is 0 Å². The third-order valence-electron chi connectivity index (χ3n) is 3.23. The van der Waals surface area contributed by atoms with Gasteiger partial charge in [0, 0.05) is 5.56 Å². The van der Waals surface area contributed by atoms with E-state index in [1.54, 1.807) is 12.1 Å². The van der Waals surface area contributed by atoms with E-state index < -0.39 is 5.97 Å². The van der Waals surface area contributed by atoms with Crippen LogP contribution < -0.4 is 5.73 Å². The number of benzene rings is 1. The number of anilines is 1. The fourth-order valence-electron chi connectivity index (χ4n) is 1.57. The zero-order valence-corrected chi connectivity index (χ0v) is 13.0. The quantitative estimate of drug-likeness (QED) is 0.639. The molecule has 0 fully saturated rings. The van der Waals surface area contributed by atoms with Gasteiger partial charge in [0.25, 0.3) is 0 Å². The summed E-state index contributed by atoms with van der Waals surface area (Å²) in [5.41, 5.74) is 7.48. The third kappa shape index (κ3) is 4.53. The molecule has 0 radical (unpaired) electrons. The van der Waals surface area contributed by atoms with Gasteiger partial charge in [0.2, 0.25) is 0 Å². The van der Waals surface area contributed by atoms with E-state index in [0.717, 1.165) is 12.0 Å². The van der Waals surface area contributed by atoms with Crippen LogP contribution in [0.25, 0.3) is 0 Å². The average molecular weight is 279 g/mol. The first-order valence-electron chi connectivity index (χ1n) is 6.99. The lowest BCUT2D eigenvalue weighted by atomic mass is 10.1. The molecule has 0 saturated heterocycles. The number of carbonyl (C=O) groups excluding carboxylic acids is 1. The largest absolute Gasteiger partial charge is 0.459 e. The molecule has 0 aliphatic rings. The number of nitrogens with two attached hydrogens (primary N) is 1. The zero-order chi connectivity index (χ0) is 15.3. The van der Waals surface area contributed by atoms with Gasteiger partial charge in [0.15, 0.2) is 0 Å². The van der Waals surface area contributed by atoms with Gasteiger partial charge in [-0.2, -0.15) is 0 Å². The SMILES string of the molecule is CCC(C)(C)OCc1cccc(C(=O)OC(C)C)c1N. The average Bonchev–Trinajstić information content (AvgIpc) is 2.36. The number of ether oxygens (including phenoxy) is 2. The van der Waals surface area contributed by atoms with Gasteiger partial charge in [-0.25, -0.2) is 4.79 Å². The lowest BCUT2D eigenvalue weighted by Gasteiger charge is -2.24. The highest BCUT2D eigenvalue weighted by molar-refractivity contribution is 5.95. The monoisotopic (exact) mass is 279 g/mol. The summed E-state index contributed by atoms with van der Waals surface area (Å²) >= 11 is 0. The van der Waals surface area contributed by atoms with E-state index in [2.05, 4.69) is 6.92 Å². The second-order valence-corrected chi connectivity index (χ2v) is 5.73. The van der Waals surface area contributed by atoms with Crippen LogP contribution >= 0.6 is 0 Å². The number of rotatable bonds is 6. The Balaban J connectivity index is 2.87. The van der Waals surface area contributed by atoms with Crippen LogP contribution in [0.15, 0.2) is 18.2 Å². The predicted molar refractivity (Wildman–Crippen MR) is 80.6 cm³/mol. The molecule has 2 N–H and O–H groups in total. The van der Waals surface area contributed by atoms with E-state index >= 15 is 0 Å². The van der Waals surface area contributed by atoms with Crippen molar-refractivity contribution < 1.29 is 14.3 Å². The molecule has 0 heterocycles. The van der Waals surface area contributed by atoms with Crippen molar-refractivity contribution in [2.24, 2.45) is 0 Å². The molecule has 20 heavy (non-hydrogen) atoms. The summed E-state index contributed by atoms with van der Waals surface area (Å²) in [5, 5.41) is 0. The minimum Gasteiger partial charge on any atom is -0.459 e. The maximum absolute atomic E-state index is 11.9. The second kappa shape index (κ2) is 6.75. The van der Waals surface area contributed by atoms with Gasteiger partial charge >= 0.3 is 5.97 Å². The summed E-state index contributed by atoms with van der Waals surface area (Å²) in [5.74, 6) is -0.394. The van der Waals surface area contributed by atoms with Gasteiger partial charge in [-0.1, -0.05) is 19.1 Å². The fraction of sp³-hybridized carbons (Fsp3) is 0.562. The predicted octanol–water partition coefficient (Wildman–Crippen LogP) is 3.54. The maximum Gasteiger partial charge on any atom is 0.340 e. The highest BCUT2D eigenvalue weighted by Crippen LogP contribution is 2.23. The minimum absolute atomic E-state index is 0.166. The Morgan fingerprint density at radius 3 is 2.55 bits per heavy atom. The van der Waals surface area contributed by atoms with Crippen molar-refractivity contribution >= 4 is 11.7 Å². The molecule has 0 unspecified atom stereocenters. The van der Waals surface area contributed by atoms with E-state index in [4.69, 9.17) is 15.2 Å². The van der Waals surface area contributed by atoms with Gasteiger partial charge < -0.3 is 15.2 Å². The van der Waals surface area contributed by atoms with Crippen molar-refractivity contribution in [2.75, 3.05) is 5.73 Å². The maximum atomic E-state index is 11.9. The summed E-state index contributed by atoms with van der Waals surface area (Å²) in [7, 11) is 0. The molecule has 0 saturated carbocycles. The summed E-state index contributed by atoms with van der Waals surface area (Å²) in [6, 6.07) is 5.34. The molecular weight excluding hydrogens is 254 g/mol. The first-order chi connectivity index (χ1) is 9.26. The molecule has 0 spiro atoms.